The lowest BCUT2D eigenvalue weighted by molar-refractivity contribution is -0.113. The fourth-order valence-electron chi connectivity index (χ4n) is 1.62. The summed E-state index contributed by atoms with van der Waals surface area (Å²) in [6.45, 7) is 1.52. The second-order valence-electron chi connectivity index (χ2n) is 4.25. The molecule has 0 radical (unpaired) electrons. The van der Waals surface area contributed by atoms with Gasteiger partial charge in [0.05, 0.1) is 5.75 Å². The highest BCUT2D eigenvalue weighted by Crippen LogP contribution is 2.17. The summed E-state index contributed by atoms with van der Waals surface area (Å²) in [7, 11) is 0. The second-order valence-corrected chi connectivity index (χ2v) is 6.27. The zero-order chi connectivity index (χ0) is 14.4. The van der Waals surface area contributed by atoms with E-state index < -0.39 is 0 Å². The first-order valence-corrected chi connectivity index (χ1v) is 8.19. The minimum atomic E-state index is -0.0258. The highest BCUT2D eigenvalue weighted by atomic mass is 32.2. The van der Waals surface area contributed by atoms with E-state index in [-0.39, 0.29) is 11.7 Å². The molecule has 0 spiro atoms. The number of anilines is 1. The molecule has 1 aromatic heterocycles. The van der Waals surface area contributed by atoms with Gasteiger partial charge in [0, 0.05) is 21.9 Å². The van der Waals surface area contributed by atoms with Gasteiger partial charge in [-0.1, -0.05) is 6.07 Å². The first-order chi connectivity index (χ1) is 9.65. The Morgan fingerprint density at radius 1 is 1.20 bits per heavy atom. The standard InChI is InChI=1S/C15H15NO2S2/c1-11(17)12-4-6-13(7-5-12)16-15(18)10-19-9-14-3-2-8-20-14/h2-8H,9-10H2,1H3,(H,16,18). The van der Waals surface area contributed by atoms with Crippen LogP contribution >= 0.6 is 23.1 Å². The van der Waals surface area contributed by atoms with Gasteiger partial charge in [0.1, 0.15) is 0 Å². The van der Waals surface area contributed by atoms with Crippen LogP contribution in [0.15, 0.2) is 41.8 Å². The first kappa shape index (κ1) is 14.8. The molecule has 0 unspecified atom stereocenters. The molecule has 5 heteroatoms. The number of ketones is 1. The molecular weight excluding hydrogens is 290 g/mol. The van der Waals surface area contributed by atoms with E-state index in [1.807, 2.05) is 11.4 Å². The average Bonchev–Trinajstić information content (AvgIpc) is 2.92. The highest BCUT2D eigenvalue weighted by molar-refractivity contribution is 7.99. The summed E-state index contributed by atoms with van der Waals surface area (Å²) in [6.07, 6.45) is 0. The lowest BCUT2D eigenvalue weighted by Gasteiger charge is -2.05. The van der Waals surface area contributed by atoms with Crippen molar-refractivity contribution in [2.75, 3.05) is 11.1 Å². The monoisotopic (exact) mass is 305 g/mol. The smallest absolute Gasteiger partial charge is 0.234 e. The summed E-state index contributed by atoms with van der Waals surface area (Å²) in [6, 6.07) is 11.0. The predicted octanol–water partition coefficient (Wildman–Crippen LogP) is 3.82. The van der Waals surface area contributed by atoms with Gasteiger partial charge in [-0.3, -0.25) is 9.59 Å². The number of carbonyl (C=O) groups excluding carboxylic acids is 2. The molecule has 0 aliphatic heterocycles. The van der Waals surface area contributed by atoms with Crippen molar-refractivity contribution >= 4 is 40.5 Å². The lowest BCUT2D eigenvalue weighted by Crippen LogP contribution is -2.14. The van der Waals surface area contributed by atoms with E-state index in [1.54, 1.807) is 47.4 Å². The van der Waals surface area contributed by atoms with E-state index in [9.17, 15) is 9.59 Å². The number of rotatable bonds is 6. The zero-order valence-corrected chi connectivity index (χ0v) is 12.7. The van der Waals surface area contributed by atoms with Crippen LogP contribution in [0.5, 0.6) is 0 Å². The molecule has 0 fully saturated rings. The van der Waals surface area contributed by atoms with E-state index >= 15 is 0 Å². The van der Waals surface area contributed by atoms with Crippen LogP contribution in [0.25, 0.3) is 0 Å². The molecular formula is C15H15NO2S2. The van der Waals surface area contributed by atoms with Crippen molar-refractivity contribution in [2.45, 2.75) is 12.7 Å². The average molecular weight is 305 g/mol. The number of benzene rings is 1. The number of Topliss-reactive ketones (excluding diaryl/α,β-unsaturated/α-hetero) is 1. The van der Waals surface area contributed by atoms with Gasteiger partial charge in [-0.05, 0) is 42.6 Å². The van der Waals surface area contributed by atoms with Crippen LogP contribution in [-0.4, -0.2) is 17.4 Å². The van der Waals surface area contributed by atoms with E-state index in [0.717, 1.165) is 11.4 Å². The van der Waals surface area contributed by atoms with Crippen LogP contribution in [0.1, 0.15) is 22.2 Å². The van der Waals surface area contributed by atoms with Crippen molar-refractivity contribution in [3.05, 3.63) is 52.2 Å². The number of nitrogens with one attached hydrogen (secondary N) is 1. The fourth-order valence-corrected chi connectivity index (χ4v) is 3.29. The molecule has 3 nitrogen and oxygen atoms in total. The topological polar surface area (TPSA) is 46.2 Å². The number of carbonyl (C=O) groups is 2. The number of hydrogen-bond acceptors (Lipinski definition) is 4. The van der Waals surface area contributed by atoms with Crippen LogP contribution in [0.4, 0.5) is 5.69 Å². The molecule has 2 rings (SSSR count). The Kier molecular flexibility index (Phi) is 5.38. The van der Waals surface area contributed by atoms with Crippen molar-refractivity contribution in [3.63, 3.8) is 0 Å². The Morgan fingerprint density at radius 2 is 1.95 bits per heavy atom. The van der Waals surface area contributed by atoms with Gasteiger partial charge in [-0.2, -0.15) is 0 Å². The Balaban J connectivity index is 1.77. The molecule has 0 aliphatic carbocycles. The van der Waals surface area contributed by atoms with Gasteiger partial charge in [0.2, 0.25) is 5.91 Å². The molecule has 0 atom stereocenters. The number of hydrogen-bond donors (Lipinski definition) is 1. The molecule has 0 aliphatic rings. The van der Waals surface area contributed by atoms with Gasteiger partial charge in [-0.25, -0.2) is 0 Å². The van der Waals surface area contributed by atoms with Crippen molar-refractivity contribution in [2.24, 2.45) is 0 Å². The van der Waals surface area contributed by atoms with E-state index in [1.165, 1.54) is 11.8 Å². The third-order valence-electron chi connectivity index (χ3n) is 2.63. The highest BCUT2D eigenvalue weighted by Gasteiger charge is 2.04. The van der Waals surface area contributed by atoms with Crippen LogP contribution in [-0.2, 0) is 10.5 Å². The van der Waals surface area contributed by atoms with Crippen molar-refractivity contribution < 1.29 is 9.59 Å². The van der Waals surface area contributed by atoms with Gasteiger partial charge in [-0.15, -0.1) is 23.1 Å². The predicted molar refractivity (Wildman–Crippen MR) is 85.6 cm³/mol. The molecule has 104 valence electrons. The second kappa shape index (κ2) is 7.26. The molecule has 1 aromatic carbocycles. The van der Waals surface area contributed by atoms with Gasteiger partial charge in [0.15, 0.2) is 5.78 Å². The summed E-state index contributed by atoms with van der Waals surface area (Å²) >= 11 is 3.29. The summed E-state index contributed by atoms with van der Waals surface area (Å²) < 4.78 is 0. The lowest BCUT2D eigenvalue weighted by atomic mass is 10.1. The van der Waals surface area contributed by atoms with Crippen molar-refractivity contribution in [1.82, 2.24) is 0 Å². The van der Waals surface area contributed by atoms with Crippen LogP contribution < -0.4 is 5.32 Å². The Labute approximate surface area is 126 Å². The van der Waals surface area contributed by atoms with E-state index in [4.69, 9.17) is 0 Å². The molecule has 0 saturated heterocycles. The summed E-state index contributed by atoms with van der Waals surface area (Å²) in [4.78, 5) is 24.2. The third kappa shape index (κ3) is 4.51. The normalized spacial score (nSPS) is 10.2. The van der Waals surface area contributed by atoms with Gasteiger partial charge >= 0.3 is 0 Å². The largest absolute Gasteiger partial charge is 0.325 e. The number of thioether (sulfide) groups is 1. The quantitative estimate of drug-likeness (QED) is 0.825. The molecule has 20 heavy (non-hydrogen) atoms. The van der Waals surface area contributed by atoms with E-state index in [0.29, 0.717) is 11.3 Å². The van der Waals surface area contributed by atoms with Crippen LogP contribution in [0.2, 0.25) is 0 Å². The maximum Gasteiger partial charge on any atom is 0.234 e. The first-order valence-electron chi connectivity index (χ1n) is 6.16. The maximum absolute atomic E-state index is 11.8. The fraction of sp³-hybridized carbons (Fsp3) is 0.200. The summed E-state index contributed by atoms with van der Waals surface area (Å²) in [5.74, 6) is 1.28. The third-order valence-corrected chi connectivity index (χ3v) is 4.67. The molecule has 1 amide bonds. The Hall–Kier alpha value is -1.59. The minimum Gasteiger partial charge on any atom is -0.325 e. The number of amides is 1. The Bertz CT molecular complexity index is 576. The molecule has 2 aromatic rings. The molecule has 1 heterocycles. The Morgan fingerprint density at radius 3 is 2.55 bits per heavy atom. The van der Waals surface area contributed by atoms with E-state index in [2.05, 4.69) is 11.4 Å². The van der Waals surface area contributed by atoms with Crippen molar-refractivity contribution in [1.29, 1.82) is 0 Å². The van der Waals surface area contributed by atoms with Gasteiger partial charge in [0.25, 0.3) is 0 Å². The molecule has 0 saturated carbocycles. The minimum absolute atomic E-state index is 0.0226. The van der Waals surface area contributed by atoms with Crippen molar-refractivity contribution in [3.8, 4) is 0 Å². The molecule has 1 N–H and O–H groups in total. The van der Waals surface area contributed by atoms with Crippen LogP contribution in [0, 0.1) is 0 Å². The van der Waals surface area contributed by atoms with Gasteiger partial charge < -0.3 is 5.32 Å². The SMILES string of the molecule is CC(=O)c1ccc(NC(=O)CSCc2cccs2)cc1. The number of thiophene rings is 1. The molecule has 0 bridgehead atoms. The maximum atomic E-state index is 11.8. The summed E-state index contributed by atoms with van der Waals surface area (Å²) in [5.41, 5.74) is 1.37. The summed E-state index contributed by atoms with van der Waals surface area (Å²) in [5, 5.41) is 4.85. The zero-order valence-electron chi connectivity index (χ0n) is 11.1. The van der Waals surface area contributed by atoms with Crippen LogP contribution in [0.3, 0.4) is 0 Å².